The Bertz CT molecular complexity index is 1160. The number of hydrogen-bond donors (Lipinski definition) is 0. The first-order chi connectivity index (χ1) is 23.5. The van der Waals surface area contributed by atoms with Crippen molar-refractivity contribution < 1.29 is 85.8 Å². The summed E-state index contributed by atoms with van der Waals surface area (Å²) in [5.41, 5.74) is 0. The number of ether oxygens (including phenoxy) is 9. The third-order valence-corrected chi connectivity index (χ3v) is 6.64. The van der Waals surface area contributed by atoms with Gasteiger partial charge in [-0.1, -0.05) is 0 Å². The molecule has 18 nitrogen and oxygen atoms in total. The zero-order valence-electron chi connectivity index (χ0n) is 30.8. The van der Waals surface area contributed by atoms with E-state index in [0.29, 0.717) is 0 Å². The van der Waals surface area contributed by atoms with Crippen LogP contribution in [0.15, 0.2) is 0 Å². The van der Waals surface area contributed by atoms with Gasteiger partial charge in [-0.2, -0.15) is 0 Å². The van der Waals surface area contributed by atoms with E-state index in [0.717, 1.165) is 20.8 Å². The summed E-state index contributed by atoms with van der Waals surface area (Å²) in [6.45, 7) is 16.5. The first kappa shape index (κ1) is 44.3. The van der Waals surface area contributed by atoms with Crippen molar-refractivity contribution in [3.8, 4) is 0 Å². The molecular weight excluding hydrogens is 684 g/mol. The lowest BCUT2D eigenvalue weighted by molar-refractivity contribution is -0.180. The Hall–Kier alpha value is -4.77. The van der Waals surface area contributed by atoms with Gasteiger partial charge < -0.3 is 42.6 Å². The second-order valence-corrected chi connectivity index (χ2v) is 12.5. The van der Waals surface area contributed by atoms with Gasteiger partial charge in [0.2, 0.25) is 0 Å². The highest BCUT2D eigenvalue weighted by Gasteiger charge is 2.66. The number of hydrogen-bond acceptors (Lipinski definition) is 18. The summed E-state index contributed by atoms with van der Waals surface area (Å²) in [5.74, 6) is -14.7. The Morgan fingerprint density at radius 1 is 0.275 bits per heavy atom. The van der Waals surface area contributed by atoms with E-state index < -0.39 is 126 Å². The van der Waals surface area contributed by atoms with Gasteiger partial charge in [-0.15, -0.1) is 0 Å². The van der Waals surface area contributed by atoms with Crippen LogP contribution in [0.25, 0.3) is 0 Å². The molecule has 1 aliphatic rings. The molecule has 51 heavy (non-hydrogen) atoms. The summed E-state index contributed by atoms with van der Waals surface area (Å²) in [6, 6.07) is 0. The van der Waals surface area contributed by atoms with Gasteiger partial charge >= 0.3 is 53.7 Å². The topological polar surface area (TPSA) is 237 Å². The molecule has 288 valence electrons. The predicted molar refractivity (Wildman–Crippen MR) is 167 cm³/mol. The molecule has 0 bridgehead atoms. The lowest BCUT2D eigenvalue weighted by Gasteiger charge is -2.18. The molecule has 0 aromatic rings. The van der Waals surface area contributed by atoms with Crippen molar-refractivity contribution in [3.05, 3.63) is 0 Å². The summed E-state index contributed by atoms with van der Waals surface area (Å²) in [6.07, 6.45) is -10.5. The van der Waals surface area contributed by atoms with E-state index >= 15 is 0 Å². The van der Waals surface area contributed by atoms with Gasteiger partial charge in [0, 0.05) is 0 Å². The maximum Gasteiger partial charge on any atom is 0.347 e. The van der Waals surface area contributed by atoms with Crippen LogP contribution < -0.4 is 0 Å². The number of esters is 9. The van der Waals surface area contributed by atoms with E-state index in [4.69, 9.17) is 42.6 Å². The van der Waals surface area contributed by atoms with Crippen molar-refractivity contribution in [2.45, 2.75) is 138 Å². The first-order valence-electron chi connectivity index (χ1n) is 16.3. The SMILES string of the molecule is CC(C)OC(=O)C(C)OC(=O)C(C)OC(=O)C1C(C(=O)OC(C)C(=O)OC(C)C(=O)OC(C)C)C1C(=O)OC(C)C(=O)OC(C)C(=O)OC(C)C. The van der Waals surface area contributed by atoms with Gasteiger partial charge in [-0.05, 0) is 83.1 Å². The lowest BCUT2D eigenvalue weighted by Crippen LogP contribution is -2.35. The fraction of sp³-hybridized carbons (Fsp3) is 0.727. The minimum Gasteiger partial charge on any atom is -0.460 e. The lowest BCUT2D eigenvalue weighted by atomic mass is 10.3. The Kier molecular flexibility index (Phi) is 17.0. The van der Waals surface area contributed by atoms with Gasteiger partial charge in [-0.25, -0.2) is 28.8 Å². The van der Waals surface area contributed by atoms with E-state index in [1.165, 1.54) is 20.8 Å². The average Bonchev–Trinajstić information content (AvgIpc) is 3.76. The van der Waals surface area contributed by atoms with E-state index in [1.807, 2.05) is 0 Å². The minimum atomic E-state index is -1.64. The van der Waals surface area contributed by atoms with Crippen LogP contribution in [0, 0.1) is 17.8 Å². The van der Waals surface area contributed by atoms with E-state index in [9.17, 15) is 43.2 Å². The molecule has 0 aliphatic heterocycles. The second kappa shape index (κ2) is 19.6. The van der Waals surface area contributed by atoms with Gasteiger partial charge in [0.1, 0.15) is 0 Å². The smallest absolute Gasteiger partial charge is 0.347 e. The Morgan fingerprint density at radius 3 is 0.608 bits per heavy atom. The van der Waals surface area contributed by atoms with Crippen molar-refractivity contribution in [3.63, 3.8) is 0 Å². The molecule has 0 spiro atoms. The van der Waals surface area contributed by atoms with Crippen LogP contribution in [-0.4, -0.2) is 109 Å². The summed E-state index contributed by atoms with van der Waals surface area (Å²) in [7, 11) is 0. The van der Waals surface area contributed by atoms with Gasteiger partial charge in [0.25, 0.3) is 0 Å². The Balaban J connectivity index is 3.10. The third kappa shape index (κ3) is 14.2. The normalized spacial score (nSPS) is 19.9. The van der Waals surface area contributed by atoms with Crippen molar-refractivity contribution in [1.82, 2.24) is 0 Å². The quantitative estimate of drug-likeness (QED) is 0.142. The fourth-order valence-corrected chi connectivity index (χ4v) is 4.03. The summed E-state index contributed by atoms with van der Waals surface area (Å²) < 4.78 is 45.2. The molecular formula is C33H48O18. The molecule has 0 aromatic heterocycles. The molecule has 6 atom stereocenters. The average molecular weight is 733 g/mol. The molecule has 0 N–H and O–H groups in total. The monoisotopic (exact) mass is 732 g/mol. The molecule has 0 saturated heterocycles. The molecule has 0 amide bonds. The highest BCUT2D eigenvalue weighted by molar-refractivity contribution is 5.99. The van der Waals surface area contributed by atoms with Gasteiger partial charge in [0.15, 0.2) is 36.6 Å². The zero-order valence-corrected chi connectivity index (χ0v) is 30.8. The van der Waals surface area contributed by atoms with Gasteiger partial charge in [0.05, 0.1) is 36.1 Å². The Labute approximate surface area is 295 Å². The standard InChI is InChI=1S/C33H48O18/c1-13(2)43-25(34)16(7)46-28(37)19(10)49-31(40)22-23(32(41)50-20(11)29(38)47-17(8)26(35)44-14(3)4)24(22)33(42)51-21(12)30(39)48-18(9)27(36)45-15(5)6/h13-24H,1-12H3. The Morgan fingerprint density at radius 2 is 0.431 bits per heavy atom. The number of rotatable bonds is 18. The van der Waals surface area contributed by atoms with E-state index in [2.05, 4.69) is 0 Å². The van der Waals surface area contributed by atoms with Crippen LogP contribution in [0.3, 0.4) is 0 Å². The van der Waals surface area contributed by atoms with Crippen LogP contribution in [0.1, 0.15) is 83.1 Å². The van der Waals surface area contributed by atoms with Crippen LogP contribution >= 0.6 is 0 Å². The largest absolute Gasteiger partial charge is 0.460 e. The molecule has 0 aromatic carbocycles. The van der Waals surface area contributed by atoms with Gasteiger partial charge in [-0.3, -0.25) is 14.4 Å². The van der Waals surface area contributed by atoms with Crippen LogP contribution in [0.5, 0.6) is 0 Å². The highest BCUT2D eigenvalue weighted by Crippen LogP contribution is 2.49. The zero-order chi connectivity index (χ0) is 39.5. The maximum absolute atomic E-state index is 13.1. The number of carbonyl (C=O) groups is 9. The van der Waals surface area contributed by atoms with Crippen LogP contribution in [0.4, 0.5) is 0 Å². The summed E-state index contributed by atoms with van der Waals surface area (Å²) >= 11 is 0. The van der Waals surface area contributed by atoms with E-state index in [1.54, 1.807) is 41.5 Å². The molecule has 1 fully saturated rings. The van der Waals surface area contributed by atoms with Crippen molar-refractivity contribution in [2.24, 2.45) is 17.8 Å². The van der Waals surface area contributed by atoms with E-state index in [-0.39, 0.29) is 0 Å². The fourth-order valence-electron chi connectivity index (χ4n) is 4.03. The van der Waals surface area contributed by atoms with Crippen LogP contribution in [0.2, 0.25) is 0 Å². The molecule has 18 heteroatoms. The summed E-state index contributed by atoms with van der Waals surface area (Å²) in [5, 5.41) is 0. The van der Waals surface area contributed by atoms with Crippen LogP contribution in [-0.2, 0) is 85.8 Å². The van der Waals surface area contributed by atoms with Crippen molar-refractivity contribution in [2.75, 3.05) is 0 Å². The molecule has 6 unspecified atom stereocenters. The number of carbonyl (C=O) groups excluding carboxylic acids is 9. The molecule has 1 rings (SSSR count). The molecule has 1 aliphatic carbocycles. The predicted octanol–water partition coefficient (Wildman–Crippen LogP) is 1.29. The molecule has 0 heterocycles. The van der Waals surface area contributed by atoms with Crippen molar-refractivity contribution in [1.29, 1.82) is 0 Å². The minimum absolute atomic E-state index is 0.499. The maximum atomic E-state index is 13.1. The first-order valence-corrected chi connectivity index (χ1v) is 16.3. The highest BCUT2D eigenvalue weighted by atomic mass is 16.6. The molecule has 1 saturated carbocycles. The summed E-state index contributed by atoms with van der Waals surface area (Å²) in [4.78, 5) is 113. The third-order valence-electron chi connectivity index (χ3n) is 6.64. The molecule has 0 radical (unpaired) electrons. The second-order valence-electron chi connectivity index (χ2n) is 12.5. The van der Waals surface area contributed by atoms with Crippen molar-refractivity contribution >= 4 is 53.7 Å².